The average molecular weight is 367 g/mol. The van der Waals surface area contributed by atoms with Crippen molar-refractivity contribution in [1.82, 2.24) is 23.4 Å². The predicted octanol–water partition coefficient (Wildman–Crippen LogP) is 3.49. The minimum absolute atomic E-state index is 0.160. The summed E-state index contributed by atoms with van der Waals surface area (Å²) >= 11 is 0. The highest BCUT2D eigenvalue weighted by atomic mass is 31.2. The predicted molar refractivity (Wildman–Crippen MR) is 107 cm³/mol. The zero-order valence-electron chi connectivity index (χ0n) is 17.5. The summed E-state index contributed by atoms with van der Waals surface area (Å²) in [4.78, 5) is 0. The maximum atomic E-state index is 5.51. The van der Waals surface area contributed by atoms with Crippen molar-refractivity contribution in [1.29, 1.82) is 0 Å². The lowest BCUT2D eigenvalue weighted by Crippen LogP contribution is -2.32. The van der Waals surface area contributed by atoms with E-state index in [1.165, 1.54) is 0 Å². The highest BCUT2D eigenvalue weighted by molar-refractivity contribution is 7.71. The van der Waals surface area contributed by atoms with Gasteiger partial charge < -0.3 is 0 Å². The van der Waals surface area contributed by atoms with Crippen LogP contribution in [0.2, 0.25) is 0 Å². The molecule has 0 aromatic carbocycles. The number of hydrogen-bond donors (Lipinski definition) is 0. The smallest absolute Gasteiger partial charge is 0.213 e. The van der Waals surface area contributed by atoms with Crippen LogP contribution in [-0.2, 0) is 0 Å². The second-order valence-corrected chi connectivity index (χ2v) is 14.7. The molecule has 0 fully saturated rings. The fourth-order valence-corrected chi connectivity index (χ4v) is 11.3. The van der Waals surface area contributed by atoms with Crippen LogP contribution in [0.5, 0.6) is 0 Å². The first-order valence-corrected chi connectivity index (χ1v) is 11.0. The second-order valence-electron chi connectivity index (χ2n) is 7.67. The molecule has 0 heterocycles. The Morgan fingerprint density at radius 3 is 1.04 bits per heavy atom. The van der Waals surface area contributed by atoms with Crippen LogP contribution in [0.15, 0.2) is 9.26 Å². The van der Waals surface area contributed by atoms with Gasteiger partial charge in [0.15, 0.2) is 7.51 Å². The average Bonchev–Trinajstić information content (AvgIpc) is 2.30. The van der Waals surface area contributed by atoms with Crippen molar-refractivity contribution >= 4 is 15.0 Å². The van der Waals surface area contributed by atoms with Gasteiger partial charge in [-0.05, 0) is 91.2 Å². The van der Waals surface area contributed by atoms with Crippen molar-refractivity contribution < 1.29 is 0 Å². The maximum Gasteiger partial charge on any atom is 0.213 e. The number of nitrogens with zero attached hydrogens (tertiary/aromatic N) is 7. The van der Waals surface area contributed by atoms with Gasteiger partial charge >= 0.3 is 0 Å². The molecule has 0 rings (SSSR count). The molecule has 140 valence electrons. The van der Waals surface area contributed by atoms with Gasteiger partial charge in [0.05, 0.1) is 5.54 Å². The SMILES string of the molecule is CN(C)P(=NC(C)(C)C)(N=P(N(C)C)(N(C)C)N(C)C)N(C)C. The Labute approximate surface area is 145 Å². The minimum Gasteiger partial charge on any atom is -0.252 e. The Bertz CT molecular complexity index is 447. The molecule has 0 unspecified atom stereocenters. The van der Waals surface area contributed by atoms with Gasteiger partial charge in [-0.1, -0.05) is 0 Å². The molecule has 0 atom stereocenters. The Kier molecular flexibility index (Phi) is 8.18. The van der Waals surface area contributed by atoms with Gasteiger partial charge in [0, 0.05) is 0 Å². The summed E-state index contributed by atoms with van der Waals surface area (Å²) in [5.41, 5.74) is -0.160. The molecule has 0 bridgehead atoms. The Hall–Kier alpha value is 0.260. The molecule has 0 aliphatic carbocycles. The van der Waals surface area contributed by atoms with Crippen LogP contribution in [0, 0.1) is 0 Å². The van der Waals surface area contributed by atoms with Crippen molar-refractivity contribution in [2.75, 3.05) is 70.5 Å². The summed E-state index contributed by atoms with van der Waals surface area (Å²) in [6.07, 6.45) is 0. The summed E-state index contributed by atoms with van der Waals surface area (Å²) in [6, 6.07) is 0. The number of rotatable bonds is 6. The van der Waals surface area contributed by atoms with E-state index in [0.717, 1.165) is 0 Å². The third-order valence-corrected chi connectivity index (χ3v) is 11.5. The zero-order chi connectivity index (χ0) is 18.8. The minimum atomic E-state index is -2.20. The van der Waals surface area contributed by atoms with Crippen LogP contribution in [-0.4, -0.2) is 99.4 Å². The van der Waals surface area contributed by atoms with Gasteiger partial charge in [-0.25, -0.2) is 14.1 Å². The third-order valence-electron chi connectivity index (χ3n) is 3.36. The Balaban J connectivity index is 7.04. The van der Waals surface area contributed by atoms with Gasteiger partial charge in [0.25, 0.3) is 0 Å². The summed E-state index contributed by atoms with van der Waals surface area (Å²) in [7, 11) is 16.7. The molecule has 0 amide bonds. The molecule has 23 heavy (non-hydrogen) atoms. The van der Waals surface area contributed by atoms with Crippen LogP contribution >= 0.6 is 15.0 Å². The van der Waals surface area contributed by atoms with Gasteiger partial charge in [-0.15, -0.1) is 0 Å². The molecule has 7 nitrogen and oxygen atoms in total. The molecule has 0 aliphatic heterocycles. The quantitative estimate of drug-likeness (QED) is 0.672. The Morgan fingerprint density at radius 2 is 0.870 bits per heavy atom. The molecule has 0 aromatic heterocycles. The van der Waals surface area contributed by atoms with Crippen LogP contribution in [0.1, 0.15) is 20.8 Å². The maximum absolute atomic E-state index is 5.51. The van der Waals surface area contributed by atoms with E-state index in [2.05, 4.69) is 115 Å². The van der Waals surface area contributed by atoms with E-state index < -0.39 is 15.0 Å². The topological polar surface area (TPSA) is 40.9 Å². The van der Waals surface area contributed by atoms with Crippen LogP contribution in [0.25, 0.3) is 0 Å². The third kappa shape index (κ3) is 5.12. The van der Waals surface area contributed by atoms with Gasteiger partial charge in [0.2, 0.25) is 7.51 Å². The Morgan fingerprint density at radius 1 is 0.565 bits per heavy atom. The van der Waals surface area contributed by atoms with Crippen LogP contribution in [0.3, 0.4) is 0 Å². The standard InChI is InChI=1S/C14H39N7P2/c1-14(2,3)15-22(17(4)5,18(6)7)16-23(19(8)9,20(10)11)21(12)13/h1-13H3. The highest BCUT2D eigenvalue weighted by Gasteiger charge is 2.36. The van der Waals surface area contributed by atoms with E-state index in [-0.39, 0.29) is 5.54 Å². The van der Waals surface area contributed by atoms with Crippen molar-refractivity contribution in [3.63, 3.8) is 0 Å². The summed E-state index contributed by atoms with van der Waals surface area (Å²) < 4.78 is 21.8. The molecule has 0 spiro atoms. The van der Waals surface area contributed by atoms with E-state index in [4.69, 9.17) is 9.26 Å². The van der Waals surface area contributed by atoms with Crippen molar-refractivity contribution in [2.24, 2.45) is 9.26 Å². The molecule has 0 radical (unpaired) electrons. The summed E-state index contributed by atoms with van der Waals surface area (Å²) in [5.74, 6) is 0. The molecular weight excluding hydrogens is 328 g/mol. The lowest BCUT2D eigenvalue weighted by Gasteiger charge is -2.45. The van der Waals surface area contributed by atoms with Crippen molar-refractivity contribution in [3.8, 4) is 0 Å². The first-order valence-electron chi connectivity index (χ1n) is 7.80. The molecular formula is C14H39N7P2. The molecule has 0 saturated carbocycles. The molecule has 0 saturated heterocycles. The van der Waals surface area contributed by atoms with Gasteiger partial charge in [-0.3, -0.25) is 14.0 Å². The van der Waals surface area contributed by atoms with E-state index in [0.29, 0.717) is 0 Å². The molecule has 9 heteroatoms. The van der Waals surface area contributed by atoms with E-state index in [1.807, 2.05) is 0 Å². The molecule has 0 aliphatic rings. The summed E-state index contributed by atoms with van der Waals surface area (Å²) in [5, 5.41) is 0. The lowest BCUT2D eigenvalue weighted by atomic mass is 10.1. The zero-order valence-corrected chi connectivity index (χ0v) is 19.3. The molecule has 0 N–H and O–H groups in total. The fraction of sp³-hybridized carbons (Fsp3) is 1.00. The normalized spacial score (nSPS) is 14.5. The fourth-order valence-electron chi connectivity index (χ4n) is 2.59. The van der Waals surface area contributed by atoms with Crippen molar-refractivity contribution in [2.45, 2.75) is 26.3 Å². The second kappa shape index (κ2) is 8.09. The van der Waals surface area contributed by atoms with Gasteiger partial charge in [0.1, 0.15) is 0 Å². The van der Waals surface area contributed by atoms with Crippen molar-refractivity contribution in [3.05, 3.63) is 0 Å². The monoisotopic (exact) mass is 367 g/mol. The largest absolute Gasteiger partial charge is 0.252 e. The molecule has 0 aromatic rings. The first-order chi connectivity index (χ1) is 10.1. The first kappa shape index (κ1) is 23.3. The lowest BCUT2D eigenvalue weighted by molar-refractivity contribution is 0.471. The number of hydrogen-bond acceptors (Lipinski definition) is 1. The van der Waals surface area contributed by atoms with Gasteiger partial charge in [-0.2, -0.15) is 4.52 Å². The van der Waals surface area contributed by atoms with E-state index in [9.17, 15) is 0 Å². The van der Waals surface area contributed by atoms with Crippen LogP contribution in [0.4, 0.5) is 0 Å². The van der Waals surface area contributed by atoms with Crippen LogP contribution < -0.4 is 0 Å². The highest BCUT2D eigenvalue weighted by Crippen LogP contribution is 2.68. The van der Waals surface area contributed by atoms with E-state index in [1.54, 1.807) is 0 Å². The van der Waals surface area contributed by atoms with E-state index >= 15 is 0 Å². The summed E-state index contributed by atoms with van der Waals surface area (Å²) in [6.45, 7) is 6.43.